The van der Waals surface area contributed by atoms with Gasteiger partial charge in [-0.15, -0.1) is 11.3 Å². The van der Waals surface area contributed by atoms with Crippen molar-refractivity contribution in [2.24, 2.45) is 11.8 Å². The Balaban J connectivity index is 1.57. The first-order valence-corrected chi connectivity index (χ1v) is 9.01. The first kappa shape index (κ1) is 16.1. The maximum absolute atomic E-state index is 12.3. The molecule has 1 fully saturated rings. The number of thiazole rings is 1. The van der Waals surface area contributed by atoms with E-state index >= 15 is 0 Å². The molecule has 122 valence electrons. The Morgan fingerprint density at radius 1 is 1.26 bits per heavy atom. The van der Waals surface area contributed by atoms with Crippen LogP contribution in [-0.4, -0.2) is 35.4 Å². The van der Waals surface area contributed by atoms with Gasteiger partial charge in [0.15, 0.2) is 5.13 Å². The van der Waals surface area contributed by atoms with Crippen molar-refractivity contribution in [3.63, 3.8) is 0 Å². The summed E-state index contributed by atoms with van der Waals surface area (Å²) in [5.74, 6) is 1.35. The van der Waals surface area contributed by atoms with Crippen molar-refractivity contribution in [2.45, 2.75) is 20.3 Å². The number of carbonyl (C=O) groups excluding carboxylic acids is 1. The van der Waals surface area contributed by atoms with Gasteiger partial charge < -0.3 is 5.32 Å². The summed E-state index contributed by atoms with van der Waals surface area (Å²) in [7, 11) is 0. The van der Waals surface area contributed by atoms with Crippen LogP contribution in [0.1, 0.15) is 20.3 Å². The first-order valence-electron chi connectivity index (χ1n) is 8.13. The van der Waals surface area contributed by atoms with Crippen molar-refractivity contribution < 1.29 is 4.79 Å². The molecule has 0 saturated carbocycles. The van der Waals surface area contributed by atoms with Gasteiger partial charge in [0.1, 0.15) is 0 Å². The number of piperidine rings is 1. The van der Waals surface area contributed by atoms with Crippen LogP contribution in [0.15, 0.2) is 35.7 Å². The van der Waals surface area contributed by atoms with E-state index in [-0.39, 0.29) is 5.91 Å². The summed E-state index contributed by atoms with van der Waals surface area (Å²) in [5.41, 5.74) is 1.98. The number of aromatic nitrogens is 1. The molecule has 1 amide bonds. The highest BCUT2D eigenvalue weighted by atomic mass is 32.1. The average Bonchev–Trinajstić information content (AvgIpc) is 2.95. The Hall–Kier alpha value is -1.72. The van der Waals surface area contributed by atoms with Gasteiger partial charge in [0.05, 0.1) is 12.2 Å². The van der Waals surface area contributed by atoms with Crippen LogP contribution in [0.5, 0.6) is 0 Å². The van der Waals surface area contributed by atoms with Crippen LogP contribution < -0.4 is 5.32 Å². The van der Waals surface area contributed by atoms with E-state index in [2.05, 4.69) is 29.0 Å². The van der Waals surface area contributed by atoms with Gasteiger partial charge in [-0.1, -0.05) is 44.2 Å². The monoisotopic (exact) mass is 329 g/mol. The average molecular weight is 329 g/mol. The molecule has 23 heavy (non-hydrogen) atoms. The minimum absolute atomic E-state index is 0.0280. The van der Waals surface area contributed by atoms with Crippen LogP contribution in [0, 0.1) is 11.8 Å². The molecular formula is C18H23N3OS. The quantitative estimate of drug-likeness (QED) is 0.930. The summed E-state index contributed by atoms with van der Waals surface area (Å²) in [4.78, 5) is 19.0. The Bertz CT molecular complexity index is 645. The van der Waals surface area contributed by atoms with Gasteiger partial charge in [-0.25, -0.2) is 4.98 Å². The number of nitrogens with zero attached hydrogens (tertiary/aromatic N) is 2. The van der Waals surface area contributed by atoms with E-state index < -0.39 is 0 Å². The van der Waals surface area contributed by atoms with Crippen LogP contribution in [-0.2, 0) is 4.79 Å². The lowest BCUT2D eigenvalue weighted by atomic mass is 9.92. The lowest BCUT2D eigenvalue weighted by Crippen LogP contribution is -2.42. The predicted octanol–water partition coefficient (Wildman–Crippen LogP) is 3.73. The summed E-state index contributed by atoms with van der Waals surface area (Å²) in [6, 6.07) is 10.0. The SMILES string of the molecule is C[C@@H]1C[C@H](C)CN(CC(=O)Nc2nc(-c3ccccc3)cs2)C1. The third kappa shape index (κ3) is 4.39. The van der Waals surface area contributed by atoms with Crippen molar-refractivity contribution in [3.05, 3.63) is 35.7 Å². The zero-order chi connectivity index (χ0) is 16.2. The summed E-state index contributed by atoms with van der Waals surface area (Å²) in [6.45, 7) is 6.98. The van der Waals surface area contributed by atoms with Crippen molar-refractivity contribution in [2.75, 3.05) is 25.0 Å². The smallest absolute Gasteiger partial charge is 0.240 e. The van der Waals surface area contributed by atoms with Gasteiger partial charge in [0.2, 0.25) is 5.91 Å². The van der Waals surface area contributed by atoms with E-state index in [1.807, 2.05) is 35.7 Å². The molecule has 0 bridgehead atoms. The minimum Gasteiger partial charge on any atom is -0.301 e. The molecule has 1 aliphatic rings. The lowest BCUT2D eigenvalue weighted by Gasteiger charge is -2.34. The van der Waals surface area contributed by atoms with Crippen molar-refractivity contribution in [3.8, 4) is 11.3 Å². The number of hydrogen-bond donors (Lipinski definition) is 1. The fraction of sp³-hybridized carbons (Fsp3) is 0.444. The maximum Gasteiger partial charge on any atom is 0.240 e. The highest BCUT2D eigenvalue weighted by Gasteiger charge is 2.23. The van der Waals surface area contributed by atoms with Crippen LogP contribution in [0.3, 0.4) is 0 Å². The third-order valence-electron chi connectivity index (χ3n) is 4.13. The van der Waals surface area contributed by atoms with E-state index in [1.165, 1.54) is 17.8 Å². The van der Waals surface area contributed by atoms with Crippen LogP contribution in [0.4, 0.5) is 5.13 Å². The highest BCUT2D eigenvalue weighted by Crippen LogP contribution is 2.25. The van der Waals surface area contributed by atoms with Gasteiger partial charge >= 0.3 is 0 Å². The van der Waals surface area contributed by atoms with E-state index in [1.54, 1.807) is 0 Å². The molecule has 2 atom stereocenters. The molecule has 0 spiro atoms. The van der Waals surface area contributed by atoms with Crippen LogP contribution >= 0.6 is 11.3 Å². The molecule has 2 aromatic rings. The zero-order valence-electron chi connectivity index (χ0n) is 13.7. The Morgan fingerprint density at radius 3 is 2.65 bits per heavy atom. The summed E-state index contributed by atoms with van der Waals surface area (Å²) in [6.07, 6.45) is 1.25. The zero-order valence-corrected chi connectivity index (χ0v) is 14.5. The van der Waals surface area contributed by atoms with Crippen molar-refractivity contribution >= 4 is 22.4 Å². The number of nitrogens with one attached hydrogen (secondary N) is 1. The molecule has 1 N–H and O–H groups in total. The van der Waals surface area contributed by atoms with E-state index in [4.69, 9.17) is 0 Å². The molecule has 0 unspecified atom stereocenters. The number of benzene rings is 1. The van der Waals surface area contributed by atoms with Gasteiger partial charge in [0.25, 0.3) is 0 Å². The normalized spacial score (nSPS) is 22.0. The summed E-state index contributed by atoms with van der Waals surface area (Å²) >= 11 is 1.47. The number of hydrogen-bond acceptors (Lipinski definition) is 4. The van der Waals surface area contributed by atoms with Gasteiger partial charge in [-0.3, -0.25) is 9.69 Å². The number of anilines is 1. The van der Waals surface area contributed by atoms with Crippen LogP contribution in [0.2, 0.25) is 0 Å². The largest absolute Gasteiger partial charge is 0.301 e. The van der Waals surface area contributed by atoms with Crippen molar-refractivity contribution in [1.29, 1.82) is 0 Å². The molecule has 3 rings (SSSR count). The minimum atomic E-state index is 0.0280. The van der Waals surface area contributed by atoms with Crippen LogP contribution in [0.25, 0.3) is 11.3 Å². The second-order valence-electron chi connectivity index (χ2n) is 6.59. The molecular weight excluding hydrogens is 306 g/mol. The van der Waals surface area contributed by atoms with Gasteiger partial charge in [-0.2, -0.15) is 0 Å². The predicted molar refractivity (Wildman–Crippen MR) is 95.6 cm³/mol. The third-order valence-corrected chi connectivity index (χ3v) is 4.89. The second kappa shape index (κ2) is 7.23. The highest BCUT2D eigenvalue weighted by molar-refractivity contribution is 7.14. The number of likely N-dealkylation sites (tertiary alicyclic amines) is 1. The van der Waals surface area contributed by atoms with Gasteiger partial charge in [-0.05, 0) is 18.3 Å². The molecule has 4 nitrogen and oxygen atoms in total. The molecule has 2 heterocycles. The molecule has 1 aromatic heterocycles. The van der Waals surface area contributed by atoms with Crippen molar-refractivity contribution in [1.82, 2.24) is 9.88 Å². The standard InChI is InChI=1S/C18H23N3OS/c1-13-8-14(2)10-21(9-13)11-17(22)20-18-19-16(12-23-18)15-6-4-3-5-7-15/h3-7,12-14H,8-11H2,1-2H3,(H,19,20,22)/t13-,14+. The van der Waals surface area contributed by atoms with E-state index in [9.17, 15) is 4.79 Å². The number of carbonyl (C=O) groups is 1. The molecule has 0 aliphatic carbocycles. The molecule has 1 aromatic carbocycles. The number of rotatable bonds is 4. The Labute approximate surface area is 141 Å². The summed E-state index contributed by atoms with van der Waals surface area (Å²) in [5, 5.41) is 5.59. The molecule has 1 saturated heterocycles. The topological polar surface area (TPSA) is 45.2 Å². The van der Waals surface area contributed by atoms with E-state index in [0.717, 1.165) is 24.3 Å². The van der Waals surface area contributed by atoms with Gasteiger partial charge in [0, 0.05) is 24.0 Å². The number of amides is 1. The first-order chi connectivity index (χ1) is 11.1. The fourth-order valence-electron chi connectivity index (χ4n) is 3.36. The fourth-order valence-corrected chi connectivity index (χ4v) is 4.09. The van der Waals surface area contributed by atoms with E-state index in [0.29, 0.717) is 23.5 Å². The Kier molecular flexibility index (Phi) is 5.08. The molecule has 0 radical (unpaired) electrons. The molecule has 1 aliphatic heterocycles. The lowest BCUT2D eigenvalue weighted by molar-refractivity contribution is -0.117. The maximum atomic E-state index is 12.3. The molecule has 5 heteroatoms. The Morgan fingerprint density at radius 2 is 1.96 bits per heavy atom. The second-order valence-corrected chi connectivity index (χ2v) is 7.45. The summed E-state index contributed by atoms with van der Waals surface area (Å²) < 4.78 is 0.